The van der Waals surface area contributed by atoms with E-state index in [4.69, 9.17) is 36.2 Å². The summed E-state index contributed by atoms with van der Waals surface area (Å²) in [5.41, 5.74) is -1.65. The van der Waals surface area contributed by atoms with Crippen LogP contribution in [0.4, 0.5) is 0 Å². The number of hydrogen-bond donors (Lipinski definition) is 0. The van der Waals surface area contributed by atoms with Gasteiger partial charge in [0.2, 0.25) is 0 Å². The molecule has 0 saturated carbocycles. The molecule has 0 bridgehead atoms. The van der Waals surface area contributed by atoms with Gasteiger partial charge in [-0.25, -0.2) is 0 Å². The summed E-state index contributed by atoms with van der Waals surface area (Å²) in [6.07, 6.45) is -2.23. The van der Waals surface area contributed by atoms with Crippen LogP contribution in [0.1, 0.15) is 136 Å². The van der Waals surface area contributed by atoms with Crippen molar-refractivity contribution in [1.82, 2.24) is 0 Å². The molecule has 0 aromatic heterocycles. The lowest BCUT2D eigenvalue weighted by atomic mass is 10.1. The molecular formula is C32H70O12P4. The molecule has 0 spiro atoms. The molecule has 0 aliphatic rings. The lowest BCUT2D eigenvalue weighted by molar-refractivity contribution is 0.127. The van der Waals surface area contributed by atoms with Gasteiger partial charge >= 0.3 is 30.4 Å². The number of unbranched alkanes of at least 4 members (excludes halogenated alkanes) is 1. The van der Waals surface area contributed by atoms with Gasteiger partial charge in [-0.3, -0.25) is 18.3 Å². The van der Waals surface area contributed by atoms with Crippen molar-refractivity contribution in [3.63, 3.8) is 0 Å². The molecular weight excluding hydrogens is 700 g/mol. The average Bonchev–Trinajstić information content (AvgIpc) is 2.80. The van der Waals surface area contributed by atoms with Gasteiger partial charge in [-0.05, 0) is 124 Å². The molecule has 16 heteroatoms. The normalized spacial score (nSPS) is 15.4. The van der Waals surface area contributed by atoms with Gasteiger partial charge in [-0.15, -0.1) is 0 Å². The summed E-state index contributed by atoms with van der Waals surface area (Å²) >= 11 is 0. The van der Waals surface area contributed by atoms with Gasteiger partial charge in [0, 0.05) is 0 Å². The monoisotopic (exact) mass is 770 g/mol. The first kappa shape index (κ1) is 48.6. The van der Waals surface area contributed by atoms with Gasteiger partial charge in [0.15, 0.2) is 0 Å². The Hall–Kier alpha value is 0.600. The van der Waals surface area contributed by atoms with E-state index in [1.807, 2.05) is 0 Å². The van der Waals surface area contributed by atoms with Gasteiger partial charge < -0.3 is 36.2 Å². The largest absolute Gasteiger partial charge is 0.334 e. The van der Waals surface area contributed by atoms with E-state index in [1.54, 1.807) is 111 Å². The SMILES string of the molecule is CC(C)OP(=O)(CC(CCCCC(CP(=O)(OC(C)C)OC(C)C)P(=O)(OC(C)C)OC(C)C)P(=O)(OC(C)C)OC(C)C)OC(C)C. The van der Waals surface area contributed by atoms with E-state index in [0.717, 1.165) is 0 Å². The van der Waals surface area contributed by atoms with Gasteiger partial charge in [0.05, 0.1) is 72.5 Å². The molecule has 0 aromatic carbocycles. The summed E-state index contributed by atoms with van der Waals surface area (Å²) in [4.78, 5) is 0. The fourth-order valence-corrected chi connectivity index (χ4v) is 16.4. The van der Waals surface area contributed by atoms with E-state index >= 15 is 0 Å². The molecule has 0 aliphatic heterocycles. The fraction of sp³-hybridized carbons (Fsp3) is 1.00. The highest BCUT2D eigenvalue weighted by atomic mass is 31.2. The first-order valence-electron chi connectivity index (χ1n) is 17.6. The Morgan fingerprint density at radius 3 is 0.688 bits per heavy atom. The predicted octanol–water partition coefficient (Wildman–Crippen LogP) is 11.5. The van der Waals surface area contributed by atoms with Crippen LogP contribution in [0.3, 0.4) is 0 Å². The van der Waals surface area contributed by atoms with Crippen LogP contribution in [0.15, 0.2) is 0 Å². The Balaban J connectivity index is 6.68. The van der Waals surface area contributed by atoms with Crippen LogP contribution in [-0.4, -0.2) is 72.5 Å². The molecule has 0 aromatic rings. The summed E-state index contributed by atoms with van der Waals surface area (Å²) in [5.74, 6) is 0. The van der Waals surface area contributed by atoms with Crippen LogP contribution >= 0.6 is 30.4 Å². The van der Waals surface area contributed by atoms with E-state index in [2.05, 4.69) is 0 Å². The third-order valence-corrected chi connectivity index (χ3v) is 16.9. The number of hydrogen-bond acceptors (Lipinski definition) is 12. The molecule has 0 radical (unpaired) electrons. The molecule has 0 amide bonds. The summed E-state index contributed by atoms with van der Waals surface area (Å²) in [6, 6.07) is 0. The second kappa shape index (κ2) is 22.0. The molecule has 12 nitrogen and oxygen atoms in total. The third kappa shape index (κ3) is 20.0. The van der Waals surface area contributed by atoms with Crippen molar-refractivity contribution >= 4 is 30.4 Å². The Bertz CT molecular complexity index is 951. The van der Waals surface area contributed by atoms with Gasteiger partial charge in [-0.2, -0.15) is 0 Å². The quantitative estimate of drug-likeness (QED) is 0.0579. The van der Waals surface area contributed by atoms with E-state index < -0.39 is 90.5 Å². The minimum absolute atomic E-state index is 0.172. The van der Waals surface area contributed by atoms with Crippen LogP contribution in [0.5, 0.6) is 0 Å². The van der Waals surface area contributed by atoms with Crippen LogP contribution in [0.25, 0.3) is 0 Å². The molecule has 48 heavy (non-hydrogen) atoms. The summed E-state index contributed by atoms with van der Waals surface area (Å²) in [6.45, 7) is 28.3. The zero-order chi connectivity index (χ0) is 37.7. The van der Waals surface area contributed by atoms with E-state index in [-0.39, 0.29) is 25.2 Å². The second-order valence-corrected chi connectivity index (χ2v) is 23.0. The molecule has 0 aliphatic carbocycles. The zero-order valence-electron chi connectivity index (χ0n) is 32.7. The predicted molar refractivity (Wildman–Crippen MR) is 196 cm³/mol. The first-order valence-corrected chi connectivity index (χ1v) is 24.3. The molecule has 0 saturated heterocycles. The minimum atomic E-state index is -3.85. The lowest BCUT2D eigenvalue weighted by Crippen LogP contribution is -2.25. The highest BCUT2D eigenvalue weighted by Gasteiger charge is 2.46. The highest BCUT2D eigenvalue weighted by Crippen LogP contribution is 2.65. The van der Waals surface area contributed by atoms with Crippen LogP contribution in [0.2, 0.25) is 0 Å². The van der Waals surface area contributed by atoms with Crippen molar-refractivity contribution in [2.24, 2.45) is 0 Å². The maximum atomic E-state index is 14.5. The molecule has 0 N–H and O–H groups in total. The first-order chi connectivity index (χ1) is 21.7. The summed E-state index contributed by atoms with van der Waals surface area (Å²) in [5, 5.41) is 0. The van der Waals surface area contributed by atoms with Crippen molar-refractivity contribution in [3.05, 3.63) is 0 Å². The third-order valence-electron chi connectivity index (χ3n) is 6.00. The second-order valence-electron chi connectivity index (χ2n) is 14.5. The van der Waals surface area contributed by atoms with Crippen molar-refractivity contribution in [1.29, 1.82) is 0 Å². The molecule has 290 valence electrons. The smallest absolute Gasteiger partial charge is 0.306 e. The molecule has 0 heterocycles. The topological polar surface area (TPSA) is 142 Å². The summed E-state index contributed by atoms with van der Waals surface area (Å²) < 4.78 is 104. The van der Waals surface area contributed by atoms with Crippen molar-refractivity contribution < 1.29 is 54.5 Å². The Morgan fingerprint density at radius 2 is 0.521 bits per heavy atom. The zero-order valence-corrected chi connectivity index (χ0v) is 36.3. The van der Waals surface area contributed by atoms with E-state index in [1.165, 1.54) is 0 Å². The molecule has 0 fully saturated rings. The molecule has 2 atom stereocenters. The van der Waals surface area contributed by atoms with Crippen molar-refractivity contribution in [3.8, 4) is 0 Å². The highest BCUT2D eigenvalue weighted by molar-refractivity contribution is 7.59. The van der Waals surface area contributed by atoms with E-state index in [9.17, 15) is 18.3 Å². The lowest BCUT2D eigenvalue weighted by Gasteiger charge is -2.34. The van der Waals surface area contributed by atoms with Gasteiger partial charge in [0.1, 0.15) is 0 Å². The molecule has 2 unspecified atom stereocenters. The Morgan fingerprint density at radius 1 is 0.333 bits per heavy atom. The van der Waals surface area contributed by atoms with Crippen molar-refractivity contribution in [2.75, 3.05) is 12.3 Å². The average molecular weight is 771 g/mol. The fourth-order valence-electron chi connectivity index (χ4n) is 5.05. The maximum Gasteiger partial charge on any atom is 0.334 e. The Kier molecular flexibility index (Phi) is 22.2. The minimum Gasteiger partial charge on any atom is -0.306 e. The summed E-state index contributed by atoms with van der Waals surface area (Å²) in [7, 11) is -15.2. The van der Waals surface area contributed by atoms with Crippen LogP contribution in [-0.2, 0) is 54.5 Å². The maximum absolute atomic E-state index is 14.5. The molecule has 0 rings (SSSR count). The number of rotatable bonds is 27. The van der Waals surface area contributed by atoms with Gasteiger partial charge in [0.25, 0.3) is 0 Å². The van der Waals surface area contributed by atoms with Crippen LogP contribution < -0.4 is 0 Å². The van der Waals surface area contributed by atoms with Crippen LogP contribution in [0, 0.1) is 0 Å². The van der Waals surface area contributed by atoms with Crippen molar-refractivity contribution in [2.45, 2.75) is 197 Å². The Labute approximate surface area is 293 Å². The van der Waals surface area contributed by atoms with E-state index in [0.29, 0.717) is 12.8 Å². The van der Waals surface area contributed by atoms with Gasteiger partial charge in [-0.1, -0.05) is 12.8 Å². The standard InChI is InChI=1S/C32H70O12P4/c1-23(2)37-45(33,38-24(3)4)21-31(47(35,41-27(9)10)42-28(11)12)19-17-18-20-32(48(36,43-29(13)14)44-30(15)16)22-46(34,39-25(5)6)40-26(7)8/h23-32H,17-22H2,1-16H3.